The zero-order valence-electron chi connectivity index (χ0n) is 22.2. The molecule has 2 fully saturated rings. The van der Waals surface area contributed by atoms with Crippen LogP contribution in [0.4, 0.5) is 17.6 Å². The second-order valence-electron chi connectivity index (χ2n) is 11.7. The Morgan fingerprint density at radius 1 is 0.897 bits per heavy atom. The number of piperidine rings is 1. The number of hydrogen-bond acceptors (Lipinski definition) is 2. The fraction of sp³-hybridized carbons (Fsp3) is 0.406. The summed E-state index contributed by atoms with van der Waals surface area (Å²) in [4.78, 5) is 15.0. The first kappa shape index (κ1) is 27.4. The standard InChI is InChI=1S/C32H33F4NO2/c1-30(2)17-19-37(20-18-30)28(22-9-13-24(33)14-10-22)25-5-3-6-26(31(29(38)39)15-4-16-31)27(25)21-7-11-23(12-8-21)32(34,35)36/h3,5-14,28H,4,15-20H2,1-2H3,(H,38,39). The molecule has 0 spiro atoms. The SMILES string of the molecule is CC1(C)CCN(C(c2ccc(F)cc2)c2cccc(C3(C(=O)O)CCC3)c2-c2ccc(C(F)(F)F)cc2)CC1. The molecule has 0 amide bonds. The van der Waals surface area contributed by atoms with Gasteiger partial charge in [-0.05, 0) is 96.3 Å². The van der Waals surface area contributed by atoms with Crippen molar-refractivity contribution in [1.82, 2.24) is 4.90 Å². The van der Waals surface area contributed by atoms with Gasteiger partial charge in [-0.25, -0.2) is 4.39 Å². The monoisotopic (exact) mass is 539 g/mol. The van der Waals surface area contributed by atoms with Gasteiger partial charge in [0.2, 0.25) is 0 Å². The van der Waals surface area contributed by atoms with E-state index in [9.17, 15) is 27.5 Å². The minimum atomic E-state index is -4.48. The molecule has 1 heterocycles. The van der Waals surface area contributed by atoms with E-state index in [0.717, 1.165) is 55.6 Å². The summed E-state index contributed by atoms with van der Waals surface area (Å²) < 4.78 is 54.2. The molecule has 3 nitrogen and oxygen atoms in total. The maximum Gasteiger partial charge on any atom is 0.416 e. The molecule has 0 aromatic heterocycles. The predicted octanol–water partition coefficient (Wildman–Crippen LogP) is 8.23. The number of halogens is 4. The van der Waals surface area contributed by atoms with Gasteiger partial charge in [-0.3, -0.25) is 9.69 Å². The summed E-state index contributed by atoms with van der Waals surface area (Å²) in [6.45, 7) is 6.04. The van der Waals surface area contributed by atoms with Crippen LogP contribution in [0.3, 0.4) is 0 Å². The third kappa shape index (κ3) is 5.21. The van der Waals surface area contributed by atoms with Gasteiger partial charge in [0, 0.05) is 0 Å². The molecule has 5 rings (SSSR count). The Morgan fingerprint density at radius 3 is 2.03 bits per heavy atom. The second kappa shape index (κ2) is 10.1. The van der Waals surface area contributed by atoms with E-state index in [1.165, 1.54) is 24.3 Å². The van der Waals surface area contributed by atoms with E-state index < -0.39 is 23.1 Å². The number of hydrogen-bond donors (Lipinski definition) is 1. The molecule has 1 aliphatic heterocycles. The lowest BCUT2D eigenvalue weighted by atomic mass is 9.62. The number of alkyl halides is 3. The van der Waals surface area contributed by atoms with E-state index >= 15 is 0 Å². The maximum atomic E-state index is 14.0. The molecule has 1 N–H and O–H groups in total. The average Bonchev–Trinajstić information content (AvgIpc) is 2.85. The van der Waals surface area contributed by atoms with E-state index in [1.54, 1.807) is 12.1 Å². The van der Waals surface area contributed by atoms with Crippen LogP contribution in [0.15, 0.2) is 66.7 Å². The van der Waals surface area contributed by atoms with Crippen molar-refractivity contribution in [2.45, 2.75) is 63.6 Å². The molecule has 1 atom stereocenters. The van der Waals surface area contributed by atoms with E-state index in [1.807, 2.05) is 18.2 Å². The van der Waals surface area contributed by atoms with Crippen LogP contribution in [-0.2, 0) is 16.4 Å². The fourth-order valence-electron chi connectivity index (χ4n) is 6.09. The van der Waals surface area contributed by atoms with Crippen LogP contribution in [0, 0.1) is 11.2 Å². The summed E-state index contributed by atoms with van der Waals surface area (Å²) in [5, 5.41) is 10.3. The zero-order chi connectivity index (χ0) is 28.0. The van der Waals surface area contributed by atoms with Crippen molar-refractivity contribution in [3.8, 4) is 11.1 Å². The van der Waals surface area contributed by atoms with Gasteiger partial charge in [-0.1, -0.05) is 62.7 Å². The van der Waals surface area contributed by atoms with Crippen molar-refractivity contribution in [2.24, 2.45) is 5.41 Å². The van der Waals surface area contributed by atoms with Crippen LogP contribution in [0.5, 0.6) is 0 Å². The summed E-state index contributed by atoms with van der Waals surface area (Å²) in [6, 6.07) is 16.6. The molecule has 1 aliphatic carbocycles. The van der Waals surface area contributed by atoms with Gasteiger partial charge in [0.05, 0.1) is 17.0 Å². The Bertz CT molecular complexity index is 1330. The molecule has 7 heteroatoms. The van der Waals surface area contributed by atoms with Crippen LogP contribution < -0.4 is 0 Å². The van der Waals surface area contributed by atoms with Gasteiger partial charge in [0.1, 0.15) is 5.82 Å². The Kier molecular flexibility index (Phi) is 7.08. The molecular formula is C32H33F4NO2. The minimum absolute atomic E-state index is 0.182. The molecule has 39 heavy (non-hydrogen) atoms. The molecule has 3 aromatic carbocycles. The molecule has 206 valence electrons. The summed E-state index contributed by atoms with van der Waals surface area (Å²) in [5.74, 6) is -1.27. The summed E-state index contributed by atoms with van der Waals surface area (Å²) in [7, 11) is 0. The van der Waals surface area contributed by atoms with Crippen molar-refractivity contribution >= 4 is 5.97 Å². The number of aliphatic carboxylic acids is 1. The topological polar surface area (TPSA) is 40.5 Å². The first-order valence-corrected chi connectivity index (χ1v) is 13.5. The quantitative estimate of drug-likeness (QED) is 0.321. The van der Waals surface area contributed by atoms with Gasteiger partial charge in [-0.15, -0.1) is 0 Å². The molecule has 0 bridgehead atoms. The number of benzene rings is 3. The van der Waals surface area contributed by atoms with Gasteiger partial charge < -0.3 is 5.11 Å². The Hall–Kier alpha value is -3.19. The largest absolute Gasteiger partial charge is 0.481 e. The lowest BCUT2D eigenvalue weighted by molar-refractivity contribution is -0.147. The van der Waals surface area contributed by atoms with Crippen molar-refractivity contribution in [2.75, 3.05) is 13.1 Å². The normalized spacial score (nSPS) is 19.7. The number of nitrogens with zero attached hydrogens (tertiary/aromatic N) is 1. The highest BCUT2D eigenvalue weighted by atomic mass is 19.4. The summed E-state index contributed by atoms with van der Waals surface area (Å²) in [5.41, 5.74) is 1.86. The molecule has 3 aromatic rings. The molecule has 1 saturated carbocycles. The summed E-state index contributed by atoms with van der Waals surface area (Å²) >= 11 is 0. The van der Waals surface area contributed by atoms with Gasteiger partial charge >= 0.3 is 12.1 Å². The van der Waals surface area contributed by atoms with Crippen molar-refractivity contribution in [3.63, 3.8) is 0 Å². The number of carbonyl (C=O) groups is 1. The van der Waals surface area contributed by atoms with Crippen molar-refractivity contribution < 1.29 is 27.5 Å². The van der Waals surface area contributed by atoms with Gasteiger partial charge in [-0.2, -0.15) is 13.2 Å². The average molecular weight is 540 g/mol. The highest BCUT2D eigenvalue weighted by Crippen LogP contribution is 2.50. The predicted molar refractivity (Wildman–Crippen MR) is 143 cm³/mol. The smallest absolute Gasteiger partial charge is 0.416 e. The number of carboxylic acid groups (broad SMARTS) is 1. The Morgan fingerprint density at radius 2 is 1.51 bits per heavy atom. The second-order valence-corrected chi connectivity index (χ2v) is 11.7. The third-order valence-corrected chi connectivity index (χ3v) is 8.73. The highest BCUT2D eigenvalue weighted by Gasteiger charge is 2.48. The first-order valence-electron chi connectivity index (χ1n) is 13.5. The summed E-state index contributed by atoms with van der Waals surface area (Å²) in [6.07, 6.45) is -0.852. The van der Waals surface area contributed by atoms with Crippen molar-refractivity contribution in [3.05, 3.63) is 94.8 Å². The highest BCUT2D eigenvalue weighted by molar-refractivity contribution is 5.88. The molecule has 0 radical (unpaired) electrons. The minimum Gasteiger partial charge on any atom is -0.481 e. The molecular weight excluding hydrogens is 506 g/mol. The van der Waals surface area contributed by atoms with Gasteiger partial charge in [0.25, 0.3) is 0 Å². The van der Waals surface area contributed by atoms with Gasteiger partial charge in [0.15, 0.2) is 0 Å². The van der Waals surface area contributed by atoms with Crippen molar-refractivity contribution in [1.29, 1.82) is 0 Å². The van der Waals surface area contributed by atoms with Crippen LogP contribution >= 0.6 is 0 Å². The van der Waals surface area contributed by atoms with Crippen LogP contribution in [0.25, 0.3) is 11.1 Å². The molecule has 1 saturated heterocycles. The van der Waals surface area contributed by atoms with Crippen LogP contribution in [0.1, 0.15) is 74.2 Å². The Balaban J connectivity index is 1.73. The first-order chi connectivity index (χ1) is 18.4. The fourth-order valence-corrected chi connectivity index (χ4v) is 6.09. The van der Waals surface area contributed by atoms with E-state index in [4.69, 9.17) is 0 Å². The number of carboxylic acids is 1. The lowest BCUT2D eigenvalue weighted by Gasteiger charge is -2.44. The van der Waals surface area contributed by atoms with Crippen LogP contribution in [-0.4, -0.2) is 29.1 Å². The van der Waals surface area contributed by atoms with E-state index in [2.05, 4.69) is 18.7 Å². The maximum absolute atomic E-state index is 14.0. The zero-order valence-corrected chi connectivity index (χ0v) is 22.2. The lowest BCUT2D eigenvalue weighted by Crippen LogP contribution is -2.43. The number of likely N-dealkylation sites (tertiary alicyclic amines) is 1. The van der Waals surface area contributed by atoms with E-state index in [-0.39, 0.29) is 17.3 Å². The molecule has 1 unspecified atom stereocenters. The van der Waals surface area contributed by atoms with Crippen LogP contribution in [0.2, 0.25) is 0 Å². The Labute approximate surface area is 226 Å². The third-order valence-electron chi connectivity index (χ3n) is 8.73. The molecule has 2 aliphatic rings. The number of rotatable bonds is 6. The van der Waals surface area contributed by atoms with E-state index in [0.29, 0.717) is 29.5 Å².